The Morgan fingerprint density at radius 3 is 2.97 bits per heavy atom. The van der Waals surface area contributed by atoms with E-state index in [1.807, 2.05) is 6.08 Å². The summed E-state index contributed by atoms with van der Waals surface area (Å²) in [5, 5.41) is 21.3. The highest BCUT2D eigenvalue weighted by Crippen LogP contribution is 2.50. The van der Waals surface area contributed by atoms with Crippen molar-refractivity contribution in [3.63, 3.8) is 0 Å². The number of carbonyl (C=O) groups excluding carboxylic acids is 1. The van der Waals surface area contributed by atoms with Crippen LogP contribution in [0.25, 0.3) is 0 Å². The van der Waals surface area contributed by atoms with Gasteiger partial charge in [-0.05, 0) is 62.1 Å². The lowest BCUT2D eigenvalue weighted by Crippen LogP contribution is -2.19. The number of aliphatic hydroxyl groups excluding tert-OH is 2. The first-order valence-corrected chi connectivity index (χ1v) is 11.0. The second kappa shape index (κ2) is 11.0. The Bertz CT molecular complexity index is 775. The Balaban J connectivity index is 1.48. The van der Waals surface area contributed by atoms with Crippen LogP contribution in [0.15, 0.2) is 48.1 Å². The van der Waals surface area contributed by atoms with Gasteiger partial charge in [-0.15, -0.1) is 0 Å². The molecule has 2 aliphatic rings. The number of hydrogen-bond acceptors (Lipinski definition) is 5. The van der Waals surface area contributed by atoms with Crippen molar-refractivity contribution in [2.75, 3.05) is 13.7 Å². The number of benzene rings is 1. The van der Waals surface area contributed by atoms with Crippen molar-refractivity contribution in [1.82, 2.24) is 0 Å². The fourth-order valence-electron chi connectivity index (χ4n) is 4.64. The van der Waals surface area contributed by atoms with E-state index in [0.29, 0.717) is 29.0 Å². The number of ether oxygens (including phenoxy) is 2. The summed E-state index contributed by atoms with van der Waals surface area (Å²) in [6.45, 7) is 0.138. The zero-order chi connectivity index (χ0) is 21.5. The molecule has 0 heterocycles. The molecule has 5 atom stereocenters. The molecule has 30 heavy (non-hydrogen) atoms. The summed E-state index contributed by atoms with van der Waals surface area (Å²) in [7, 11) is 1.41. The average molecular weight is 435 g/mol. The number of carbonyl (C=O) groups is 1. The van der Waals surface area contributed by atoms with Crippen LogP contribution in [-0.4, -0.2) is 42.1 Å². The van der Waals surface area contributed by atoms with Crippen molar-refractivity contribution in [3.05, 3.63) is 53.1 Å². The maximum absolute atomic E-state index is 11.2. The van der Waals surface area contributed by atoms with Crippen LogP contribution in [0.3, 0.4) is 0 Å². The zero-order valence-corrected chi connectivity index (χ0v) is 18.1. The van der Waals surface area contributed by atoms with E-state index in [4.69, 9.17) is 16.3 Å². The highest BCUT2D eigenvalue weighted by atomic mass is 35.5. The van der Waals surface area contributed by atoms with Gasteiger partial charge in [-0.2, -0.15) is 0 Å². The summed E-state index contributed by atoms with van der Waals surface area (Å²) in [4.78, 5) is 11.2. The average Bonchev–Trinajstić information content (AvgIpc) is 3.24. The lowest BCUT2D eigenvalue weighted by molar-refractivity contribution is -0.140. The highest BCUT2D eigenvalue weighted by Gasteiger charge is 2.44. The lowest BCUT2D eigenvalue weighted by Gasteiger charge is -2.18. The molecule has 5 nitrogen and oxygen atoms in total. The first-order valence-electron chi connectivity index (χ1n) is 10.6. The molecule has 164 valence electrons. The fourth-order valence-corrected chi connectivity index (χ4v) is 4.83. The first kappa shape index (κ1) is 22.9. The Morgan fingerprint density at radius 2 is 2.20 bits per heavy atom. The number of halogens is 1. The summed E-state index contributed by atoms with van der Waals surface area (Å²) in [5.74, 6) is 1.40. The van der Waals surface area contributed by atoms with Crippen molar-refractivity contribution in [3.8, 4) is 5.75 Å². The molecule has 2 saturated carbocycles. The van der Waals surface area contributed by atoms with Crippen LogP contribution in [0.2, 0.25) is 5.02 Å². The van der Waals surface area contributed by atoms with Crippen molar-refractivity contribution in [2.24, 2.45) is 17.8 Å². The van der Waals surface area contributed by atoms with Crippen molar-refractivity contribution in [2.45, 2.75) is 50.7 Å². The normalized spacial score (nSPS) is 28.1. The summed E-state index contributed by atoms with van der Waals surface area (Å²) < 4.78 is 10.3. The van der Waals surface area contributed by atoms with Crippen LogP contribution >= 0.6 is 11.6 Å². The van der Waals surface area contributed by atoms with Gasteiger partial charge in [0.1, 0.15) is 18.5 Å². The van der Waals surface area contributed by atoms with Gasteiger partial charge in [-0.3, -0.25) is 4.79 Å². The lowest BCUT2D eigenvalue weighted by atomic mass is 9.90. The number of esters is 1. The van der Waals surface area contributed by atoms with E-state index >= 15 is 0 Å². The van der Waals surface area contributed by atoms with Crippen LogP contribution in [-0.2, 0) is 9.53 Å². The van der Waals surface area contributed by atoms with Crippen molar-refractivity contribution >= 4 is 17.6 Å². The largest absolute Gasteiger partial charge is 0.491 e. The van der Waals surface area contributed by atoms with Crippen molar-refractivity contribution < 1.29 is 24.5 Å². The van der Waals surface area contributed by atoms with E-state index in [1.54, 1.807) is 30.3 Å². The van der Waals surface area contributed by atoms with E-state index in [9.17, 15) is 15.0 Å². The molecule has 1 aromatic rings. The number of allylic oxidation sites excluding steroid dienone is 2. The van der Waals surface area contributed by atoms with Gasteiger partial charge in [-0.25, -0.2) is 0 Å². The second-order valence-corrected chi connectivity index (χ2v) is 8.70. The predicted molar refractivity (Wildman–Crippen MR) is 116 cm³/mol. The van der Waals surface area contributed by atoms with Gasteiger partial charge >= 0.3 is 5.97 Å². The standard InChI is InChI=1S/C24H31ClO5/c1-29-24(28)8-3-2-5-16-11-17-13-23(27)21(22(17)12-16)10-9-19(26)15-30-20-7-4-6-18(25)14-20/h4-7,9-10,14,17,19,21-23,26-27H,2-3,8,11-13,15H2,1H3/t17-,19+,21-,22+,23-/m1/s1. The minimum Gasteiger partial charge on any atom is -0.491 e. The molecule has 0 amide bonds. The highest BCUT2D eigenvalue weighted by molar-refractivity contribution is 6.30. The number of methoxy groups -OCH3 is 1. The smallest absolute Gasteiger partial charge is 0.305 e. The number of fused-ring (bicyclic) bond motifs is 1. The maximum atomic E-state index is 11.2. The van der Waals surface area contributed by atoms with Crippen LogP contribution in [0.4, 0.5) is 0 Å². The number of aliphatic hydroxyl groups is 2. The summed E-state index contributed by atoms with van der Waals surface area (Å²) in [6.07, 6.45) is 9.77. The maximum Gasteiger partial charge on any atom is 0.305 e. The molecule has 0 aliphatic heterocycles. The molecule has 1 aromatic carbocycles. The Labute approximate surface area is 183 Å². The molecule has 0 unspecified atom stereocenters. The van der Waals surface area contributed by atoms with Gasteiger partial charge < -0.3 is 19.7 Å². The molecule has 6 heteroatoms. The molecule has 2 N–H and O–H groups in total. The summed E-state index contributed by atoms with van der Waals surface area (Å²) >= 11 is 5.94. The Kier molecular flexibility index (Phi) is 8.37. The molecular weight excluding hydrogens is 404 g/mol. The van der Waals surface area contributed by atoms with E-state index in [0.717, 1.165) is 32.1 Å². The molecular formula is C24H31ClO5. The number of hydrogen-bond donors (Lipinski definition) is 2. The van der Waals surface area contributed by atoms with Crippen LogP contribution < -0.4 is 4.74 Å². The Hall–Kier alpha value is -1.82. The van der Waals surface area contributed by atoms with Gasteiger partial charge in [0, 0.05) is 17.4 Å². The topological polar surface area (TPSA) is 76.0 Å². The zero-order valence-electron chi connectivity index (χ0n) is 17.4. The van der Waals surface area contributed by atoms with Gasteiger partial charge in [0.05, 0.1) is 13.2 Å². The second-order valence-electron chi connectivity index (χ2n) is 8.26. The minimum absolute atomic E-state index is 0.0526. The molecule has 0 aromatic heterocycles. The third kappa shape index (κ3) is 6.34. The number of rotatable bonds is 9. The van der Waals surface area contributed by atoms with Gasteiger partial charge in [0.15, 0.2) is 0 Å². The van der Waals surface area contributed by atoms with E-state index in [1.165, 1.54) is 12.7 Å². The van der Waals surface area contributed by atoms with Gasteiger partial charge in [-0.1, -0.05) is 41.5 Å². The quantitative estimate of drug-likeness (QED) is 0.344. The first-order chi connectivity index (χ1) is 14.5. The van der Waals surface area contributed by atoms with Crippen LogP contribution in [0, 0.1) is 17.8 Å². The SMILES string of the molecule is COC(=O)CCCC=C1C[C@@H]2C[C@@H](O)[C@H](C=C[C@H](O)COc3cccc(Cl)c3)[C@H]2C1. The van der Waals surface area contributed by atoms with Crippen LogP contribution in [0.1, 0.15) is 38.5 Å². The van der Waals surface area contributed by atoms with Crippen molar-refractivity contribution in [1.29, 1.82) is 0 Å². The third-order valence-electron chi connectivity index (χ3n) is 6.13. The molecule has 2 aliphatic carbocycles. The molecule has 2 fully saturated rings. The minimum atomic E-state index is -0.745. The predicted octanol–water partition coefficient (Wildman–Crippen LogP) is 4.31. The molecule has 0 spiro atoms. The van der Waals surface area contributed by atoms with E-state index in [2.05, 4.69) is 10.8 Å². The van der Waals surface area contributed by atoms with Gasteiger partial charge in [0.2, 0.25) is 0 Å². The monoisotopic (exact) mass is 434 g/mol. The number of unbranched alkanes of at least 4 members (excludes halogenated alkanes) is 1. The van der Waals surface area contributed by atoms with Gasteiger partial charge in [0.25, 0.3) is 0 Å². The Morgan fingerprint density at radius 1 is 1.37 bits per heavy atom. The third-order valence-corrected chi connectivity index (χ3v) is 6.36. The summed E-state index contributed by atoms with van der Waals surface area (Å²) in [6, 6.07) is 7.08. The fraction of sp³-hybridized carbons (Fsp3) is 0.542. The van der Waals surface area contributed by atoms with E-state index < -0.39 is 6.10 Å². The molecule has 3 rings (SSSR count). The summed E-state index contributed by atoms with van der Waals surface area (Å²) in [5.41, 5.74) is 1.42. The molecule has 0 radical (unpaired) electrons. The van der Waals surface area contributed by atoms with E-state index in [-0.39, 0.29) is 24.6 Å². The molecule has 0 saturated heterocycles. The van der Waals surface area contributed by atoms with Crippen LogP contribution in [0.5, 0.6) is 5.75 Å². The molecule has 0 bridgehead atoms.